The molecule has 0 spiro atoms. The molecule has 8 heteroatoms. The Morgan fingerprint density at radius 3 is 2.27 bits per heavy atom. The number of allylic oxidation sites excluding steroid dienone is 1. The Morgan fingerprint density at radius 2 is 1.73 bits per heavy atom. The highest BCUT2D eigenvalue weighted by molar-refractivity contribution is 5.90. The van der Waals surface area contributed by atoms with E-state index in [0.29, 0.717) is 19.5 Å². The number of imidazole rings is 1. The monoisotopic (exact) mass is 362 g/mol. The summed E-state index contributed by atoms with van der Waals surface area (Å²) in [6.07, 6.45) is 4.80. The van der Waals surface area contributed by atoms with Gasteiger partial charge in [-0.1, -0.05) is 32.8 Å². The first kappa shape index (κ1) is 19.7. The number of aromatic nitrogens is 4. The first-order valence-electron chi connectivity index (χ1n) is 8.94. The van der Waals surface area contributed by atoms with Crippen LogP contribution in [0.4, 0.5) is 0 Å². The van der Waals surface area contributed by atoms with Gasteiger partial charge in [-0.3, -0.25) is 13.9 Å². The molecule has 142 valence electrons. The number of nitrogens with zero attached hydrogens (tertiary/aromatic N) is 4. The van der Waals surface area contributed by atoms with Crippen LogP contribution in [-0.4, -0.2) is 31.8 Å². The van der Waals surface area contributed by atoms with Crippen molar-refractivity contribution in [2.45, 2.75) is 59.2 Å². The van der Waals surface area contributed by atoms with Gasteiger partial charge in [0.1, 0.15) is 0 Å². The third-order valence-corrected chi connectivity index (χ3v) is 4.26. The molecule has 0 saturated heterocycles. The average molecular weight is 362 g/mol. The maximum absolute atomic E-state index is 13.0. The van der Waals surface area contributed by atoms with Crippen LogP contribution >= 0.6 is 0 Å². The van der Waals surface area contributed by atoms with Gasteiger partial charge in [-0.15, -0.1) is 6.58 Å². The summed E-state index contributed by atoms with van der Waals surface area (Å²) in [4.78, 5) is 42.3. The van der Waals surface area contributed by atoms with Crippen LogP contribution in [0.5, 0.6) is 0 Å². The molecule has 26 heavy (non-hydrogen) atoms. The normalized spacial score (nSPS) is 11.0. The number of hydrogen-bond donors (Lipinski definition) is 0. The molecule has 2 aromatic heterocycles. The van der Waals surface area contributed by atoms with Gasteiger partial charge in [0.2, 0.25) is 5.82 Å². The Labute approximate surface area is 151 Å². The number of esters is 1. The Kier molecular flexibility index (Phi) is 6.54. The van der Waals surface area contributed by atoms with Gasteiger partial charge in [0, 0.05) is 19.6 Å². The smallest absolute Gasteiger partial charge is 0.374 e. The molecule has 0 radical (unpaired) electrons. The van der Waals surface area contributed by atoms with E-state index in [1.54, 1.807) is 6.08 Å². The van der Waals surface area contributed by atoms with Crippen LogP contribution in [-0.2, 0) is 24.4 Å². The molecule has 0 N–H and O–H groups in total. The van der Waals surface area contributed by atoms with Gasteiger partial charge < -0.3 is 9.30 Å². The minimum Gasteiger partial charge on any atom is -0.463 e. The lowest BCUT2D eigenvalue weighted by Gasteiger charge is -2.11. The summed E-state index contributed by atoms with van der Waals surface area (Å²) >= 11 is 0. The fourth-order valence-electron chi connectivity index (χ4n) is 2.88. The molecule has 0 atom stereocenters. The standard InChI is InChI=1S/C18H26N4O4/c1-5-8-11-21-14-13(16(23)22(18(21)25)12-9-6-2)20(10-7-3)15(19-14)17(24)26-4/h7H,3,5-6,8-12H2,1-2,4H3. The van der Waals surface area contributed by atoms with Gasteiger partial charge in [-0.2, -0.15) is 0 Å². The molecule has 2 heterocycles. The summed E-state index contributed by atoms with van der Waals surface area (Å²) in [5, 5.41) is 0. The first-order valence-corrected chi connectivity index (χ1v) is 8.94. The van der Waals surface area contributed by atoms with Crippen LogP contribution in [0.1, 0.15) is 50.1 Å². The van der Waals surface area contributed by atoms with E-state index in [1.165, 1.54) is 20.8 Å². The highest BCUT2D eigenvalue weighted by Gasteiger charge is 2.24. The molecular formula is C18H26N4O4. The van der Waals surface area contributed by atoms with Crippen molar-refractivity contribution in [3.63, 3.8) is 0 Å². The van der Waals surface area contributed by atoms with Crippen molar-refractivity contribution in [3.05, 3.63) is 39.3 Å². The van der Waals surface area contributed by atoms with Crippen LogP contribution in [0.15, 0.2) is 22.2 Å². The number of carbonyl (C=O) groups excluding carboxylic acids is 1. The molecule has 2 rings (SSSR count). The molecule has 0 amide bonds. The number of hydrogen-bond acceptors (Lipinski definition) is 5. The Hall–Kier alpha value is -2.64. The van der Waals surface area contributed by atoms with Crippen LogP contribution in [0, 0.1) is 0 Å². The van der Waals surface area contributed by atoms with Crippen LogP contribution < -0.4 is 11.2 Å². The van der Waals surface area contributed by atoms with E-state index in [2.05, 4.69) is 11.6 Å². The zero-order valence-electron chi connectivity index (χ0n) is 15.7. The number of fused-ring (bicyclic) bond motifs is 1. The molecule has 8 nitrogen and oxygen atoms in total. The van der Waals surface area contributed by atoms with Gasteiger partial charge in [0.15, 0.2) is 11.2 Å². The molecule has 0 aliphatic rings. The van der Waals surface area contributed by atoms with Crippen molar-refractivity contribution in [2.75, 3.05) is 7.11 Å². The van der Waals surface area contributed by atoms with Crippen LogP contribution in [0.3, 0.4) is 0 Å². The molecule has 0 aromatic carbocycles. The lowest BCUT2D eigenvalue weighted by Crippen LogP contribution is -2.40. The third kappa shape index (κ3) is 3.49. The predicted octanol–water partition coefficient (Wildman–Crippen LogP) is 1.93. The maximum Gasteiger partial charge on any atom is 0.374 e. The van der Waals surface area contributed by atoms with E-state index in [-0.39, 0.29) is 29.2 Å². The van der Waals surface area contributed by atoms with Crippen molar-refractivity contribution < 1.29 is 9.53 Å². The fourth-order valence-corrected chi connectivity index (χ4v) is 2.88. The second kappa shape index (κ2) is 8.64. The maximum atomic E-state index is 13.0. The largest absolute Gasteiger partial charge is 0.463 e. The van der Waals surface area contributed by atoms with Crippen LogP contribution in [0.2, 0.25) is 0 Å². The molecular weight excluding hydrogens is 336 g/mol. The summed E-state index contributed by atoms with van der Waals surface area (Å²) in [7, 11) is 1.25. The quantitative estimate of drug-likeness (QED) is 0.502. The Morgan fingerprint density at radius 1 is 1.12 bits per heavy atom. The van der Waals surface area contributed by atoms with Crippen molar-refractivity contribution in [1.29, 1.82) is 0 Å². The lowest BCUT2D eigenvalue weighted by atomic mass is 10.3. The molecule has 0 bridgehead atoms. The topological polar surface area (TPSA) is 88.1 Å². The number of unbranched alkanes of at least 4 members (excludes halogenated alkanes) is 2. The van der Waals surface area contributed by atoms with E-state index < -0.39 is 11.5 Å². The van der Waals surface area contributed by atoms with Crippen LogP contribution in [0.25, 0.3) is 11.2 Å². The number of aryl methyl sites for hydroxylation is 1. The van der Waals surface area contributed by atoms with E-state index in [0.717, 1.165) is 19.3 Å². The number of ether oxygens (including phenoxy) is 1. The summed E-state index contributed by atoms with van der Waals surface area (Å²) in [5.41, 5.74) is -0.361. The second-order valence-corrected chi connectivity index (χ2v) is 6.10. The summed E-state index contributed by atoms with van der Waals surface area (Å²) in [6.45, 7) is 8.69. The molecule has 0 saturated carbocycles. The van der Waals surface area contributed by atoms with Gasteiger partial charge in [-0.05, 0) is 12.8 Å². The van der Waals surface area contributed by atoms with Gasteiger partial charge in [0.25, 0.3) is 5.56 Å². The molecule has 2 aromatic rings. The van der Waals surface area contributed by atoms with Gasteiger partial charge >= 0.3 is 11.7 Å². The highest BCUT2D eigenvalue weighted by atomic mass is 16.5. The van der Waals surface area contributed by atoms with E-state index >= 15 is 0 Å². The summed E-state index contributed by atoms with van der Waals surface area (Å²) in [5.74, 6) is -0.658. The zero-order valence-corrected chi connectivity index (χ0v) is 15.7. The Balaban J connectivity index is 2.89. The minimum absolute atomic E-state index is 0.00242. The van der Waals surface area contributed by atoms with E-state index in [9.17, 15) is 14.4 Å². The molecule has 0 unspecified atom stereocenters. The van der Waals surface area contributed by atoms with Crippen molar-refractivity contribution in [2.24, 2.45) is 0 Å². The number of methoxy groups -OCH3 is 1. The summed E-state index contributed by atoms with van der Waals surface area (Å²) in [6, 6.07) is 0. The van der Waals surface area contributed by atoms with Gasteiger partial charge in [0.05, 0.1) is 7.11 Å². The van der Waals surface area contributed by atoms with Crippen molar-refractivity contribution in [1.82, 2.24) is 18.7 Å². The zero-order chi connectivity index (χ0) is 19.3. The average Bonchev–Trinajstić information content (AvgIpc) is 3.00. The van der Waals surface area contributed by atoms with Gasteiger partial charge in [-0.25, -0.2) is 14.6 Å². The minimum atomic E-state index is -0.656. The highest BCUT2D eigenvalue weighted by Crippen LogP contribution is 2.14. The third-order valence-electron chi connectivity index (χ3n) is 4.26. The predicted molar refractivity (Wildman–Crippen MR) is 99.6 cm³/mol. The SMILES string of the molecule is C=CCn1c(C(=O)OC)nc2c1c(=O)n(CCCC)c(=O)n2CCCC. The van der Waals surface area contributed by atoms with E-state index in [4.69, 9.17) is 4.74 Å². The first-order chi connectivity index (χ1) is 12.5. The molecule has 0 aliphatic carbocycles. The summed E-state index contributed by atoms with van der Waals surface area (Å²) < 4.78 is 8.99. The fraction of sp³-hybridized carbons (Fsp3) is 0.556. The lowest BCUT2D eigenvalue weighted by molar-refractivity contribution is 0.0582. The van der Waals surface area contributed by atoms with E-state index in [1.807, 2.05) is 13.8 Å². The number of carbonyl (C=O) groups is 1. The van der Waals surface area contributed by atoms with Crippen molar-refractivity contribution in [3.8, 4) is 0 Å². The molecule has 0 aliphatic heterocycles. The molecule has 0 fully saturated rings. The number of rotatable bonds is 9. The Bertz CT molecular complexity index is 920. The second-order valence-electron chi connectivity index (χ2n) is 6.10. The van der Waals surface area contributed by atoms with Crippen molar-refractivity contribution >= 4 is 17.1 Å².